The Hall–Kier alpha value is -1.41. The summed E-state index contributed by atoms with van der Waals surface area (Å²) in [5.74, 6) is 0.544. The van der Waals surface area contributed by atoms with Crippen LogP contribution in [0.3, 0.4) is 0 Å². The fourth-order valence-corrected chi connectivity index (χ4v) is 2.72. The predicted octanol–water partition coefficient (Wildman–Crippen LogP) is 2.63. The highest BCUT2D eigenvalue weighted by molar-refractivity contribution is 9.10. The summed E-state index contributed by atoms with van der Waals surface area (Å²) in [5, 5.41) is 10.9. The minimum Gasteiger partial charge on any atom is -0.488 e. The van der Waals surface area contributed by atoms with E-state index in [-0.39, 0.29) is 16.2 Å². The number of methoxy groups -OCH3 is 1. The van der Waals surface area contributed by atoms with Crippen molar-refractivity contribution in [3.05, 3.63) is 20.8 Å². The number of ether oxygens (including phenoxy) is 2. The van der Waals surface area contributed by atoms with Crippen LogP contribution in [-0.2, 0) is 0 Å². The van der Waals surface area contributed by atoms with Gasteiger partial charge in [-0.1, -0.05) is 0 Å². The quantitative estimate of drug-likeness (QED) is 0.322. The average Bonchev–Trinajstić information content (AvgIpc) is 2.97. The largest absolute Gasteiger partial charge is 0.488 e. The highest BCUT2D eigenvalue weighted by Crippen LogP contribution is 2.34. The lowest BCUT2D eigenvalue weighted by molar-refractivity contribution is -0.386. The van der Waals surface area contributed by atoms with Crippen molar-refractivity contribution in [2.24, 2.45) is 0 Å². The molecule has 116 valence electrons. The molecule has 1 fully saturated rings. The van der Waals surface area contributed by atoms with E-state index in [4.69, 9.17) is 9.47 Å². The molecule has 21 heavy (non-hydrogen) atoms. The lowest BCUT2D eigenvalue weighted by Crippen LogP contribution is -2.22. The topological polar surface area (TPSA) is 77.7 Å². The third-order valence-electron chi connectivity index (χ3n) is 3.35. The molecule has 0 bridgehead atoms. The molecule has 1 saturated heterocycles. The van der Waals surface area contributed by atoms with Crippen LogP contribution in [0.25, 0.3) is 0 Å². The monoisotopic (exact) mass is 359 g/mol. The molecular weight excluding hydrogens is 342 g/mol. The van der Waals surface area contributed by atoms with Crippen molar-refractivity contribution >= 4 is 21.6 Å². The molecule has 0 spiro atoms. The zero-order valence-corrected chi connectivity index (χ0v) is 13.5. The van der Waals surface area contributed by atoms with Crippen LogP contribution < -0.4 is 9.47 Å². The fourth-order valence-electron chi connectivity index (χ4n) is 2.30. The molecule has 0 amide bonds. The summed E-state index contributed by atoms with van der Waals surface area (Å²) in [7, 11) is 1.46. The van der Waals surface area contributed by atoms with Gasteiger partial charge in [0, 0.05) is 6.54 Å². The highest BCUT2D eigenvalue weighted by Gasteiger charge is 2.20. The van der Waals surface area contributed by atoms with Gasteiger partial charge in [0.1, 0.15) is 0 Å². The maximum absolute atomic E-state index is 10.9. The number of likely N-dealkylation sites (tertiary alicyclic amines) is 1. The van der Waals surface area contributed by atoms with E-state index >= 15 is 0 Å². The molecular formula is C13H18BrN3O4. The van der Waals surface area contributed by atoms with Crippen molar-refractivity contribution in [1.82, 2.24) is 9.88 Å². The minimum atomic E-state index is -0.506. The summed E-state index contributed by atoms with van der Waals surface area (Å²) in [6.45, 7) is 3.75. The molecule has 1 aromatic heterocycles. The van der Waals surface area contributed by atoms with E-state index in [9.17, 15) is 10.1 Å². The van der Waals surface area contributed by atoms with Gasteiger partial charge in [-0.3, -0.25) is 10.1 Å². The number of halogens is 1. The average molecular weight is 360 g/mol. The van der Waals surface area contributed by atoms with E-state index in [1.54, 1.807) is 0 Å². The van der Waals surface area contributed by atoms with Gasteiger partial charge in [-0.2, -0.15) is 4.98 Å². The number of pyridine rings is 1. The first kappa shape index (κ1) is 16.0. The first-order valence-electron chi connectivity index (χ1n) is 6.86. The number of aromatic nitrogens is 1. The molecule has 0 saturated carbocycles. The van der Waals surface area contributed by atoms with Crippen LogP contribution in [0.5, 0.6) is 11.6 Å². The number of nitrogens with zero attached hydrogens (tertiary/aromatic N) is 3. The van der Waals surface area contributed by atoms with Gasteiger partial charge in [-0.05, 0) is 48.3 Å². The van der Waals surface area contributed by atoms with Gasteiger partial charge in [0.05, 0.1) is 24.7 Å². The zero-order valence-electron chi connectivity index (χ0n) is 11.9. The van der Waals surface area contributed by atoms with Gasteiger partial charge in [0.25, 0.3) is 5.88 Å². The van der Waals surface area contributed by atoms with Crippen molar-refractivity contribution in [3.8, 4) is 11.6 Å². The second kappa shape index (κ2) is 7.56. The SMILES string of the molecule is COc1nc(Br)c([N+](=O)[O-])cc1OCCCN1CCCC1. The first-order valence-corrected chi connectivity index (χ1v) is 7.65. The van der Waals surface area contributed by atoms with Crippen molar-refractivity contribution in [2.45, 2.75) is 19.3 Å². The third-order valence-corrected chi connectivity index (χ3v) is 3.94. The smallest absolute Gasteiger partial charge is 0.305 e. The van der Waals surface area contributed by atoms with E-state index < -0.39 is 4.92 Å². The van der Waals surface area contributed by atoms with E-state index in [0.717, 1.165) is 26.1 Å². The lowest BCUT2D eigenvalue weighted by Gasteiger charge is -2.15. The van der Waals surface area contributed by atoms with Gasteiger partial charge in [0.2, 0.25) is 0 Å². The van der Waals surface area contributed by atoms with E-state index in [1.807, 2.05) is 0 Å². The van der Waals surface area contributed by atoms with E-state index in [2.05, 4.69) is 25.8 Å². The molecule has 0 radical (unpaired) electrons. The second-order valence-electron chi connectivity index (χ2n) is 4.81. The summed E-state index contributed by atoms with van der Waals surface area (Å²) in [5.41, 5.74) is -0.134. The van der Waals surface area contributed by atoms with Gasteiger partial charge in [0.15, 0.2) is 10.4 Å². The third kappa shape index (κ3) is 4.28. The van der Waals surface area contributed by atoms with Gasteiger partial charge in [-0.15, -0.1) is 0 Å². The predicted molar refractivity (Wildman–Crippen MR) is 80.9 cm³/mol. The molecule has 0 unspecified atom stereocenters. The number of rotatable bonds is 7. The van der Waals surface area contributed by atoms with Crippen molar-refractivity contribution in [1.29, 1.82) is 0 Å². The molecule has 1 aliphatic heterocycles. The molecule has 2 heterocycles. The standard InChI is InChI=1S/C13H18BrN3O4/c1-20-13-11(9-10(17(18)19)12(14)15-13)21-8-4-7-16-5-2-3-6-16/h9H,2-8H2,1H3. The van der Waals surface area contributed by atoms with Gasteiger partial charge < -0.3 is 14.4 Å². The summed E-state index contributed by atoms with van der Waals surface area (Å²) >= 11 is 3.05. The Morgan fingerprint density at radius 2 is 2.19 bits per heavy atom. The molecule has 0 aliphatic carbocycles. The molecule has 0 atom stereocenters. The fraction of sp³-hybridized carbons (Fsp3) is 0.615. The van der Waals surface area contributed by atoms with Crippen LogP contribution in [0.15, 0.2) is 10.7 Å². The Morgan fingerprint density at radius 3 is 2.81 bits per heavy atom. The van der Waals surface area contributed by atoms with Crippen molar-refractivity contribution in [2.75, 3.05) is 33.4 Å². The molecule has 1 aromatic rings. The molecule has 1 aliphatic rings. The maximum Gasteiger partial charge on any atom is 0.305 e. The first-order chi connectivity index (χ1) is 10.1. The minimum absolute atomic E-state index is 0.133. The summed E-state index contributed by atoms with van der Waals surface area (Å²) in [4.78, 5) is 16.8. The van der Waals surface area contributed by atoms with Gasteiger partial charge >= 0.3 is 5.69 Å². The second-order valence-corrected chi connectivity index (χ2v) is 5.56. The van der Waals surface area contributed by atoms with Crippen LogP contribution in [0.2, 0.25) is 0 Å². The van der Waals surface area contributed by atoms with Crippen LogP contribution in [0.4, 0.5) is 5.69 Å². The number of hydrogen-bond acceptors (Lipinski definition) is 6. The summed E-state index contributed by atoms with van der Waals surface area (Å²) < 4.78 is 10.8. The molecule has 8 heteroatoms. The Morgan fingerprint density at radius 1 is 1.48 bits per heavy atom. The van der Waals surface area contributed by atoms with Crippen molar-refractivity contribution < 1.29 is 14.4 Å². The van der Waals surface area contributed by atoms with Crippen molar-refractivity contribution in [3.63, 3.8) is 0 Å². The van der Waals surface area contributed by atoms with E-state index in [1.165, 1.54) is 26.0 Å². The molecule has 2 rings (SSSR count). The summed E-state index contributed by atoms with van der Waals surface area (Å²) in [6.07, 6.45) is 3.39. The highest BCUT2D eigenvalue weighted by atomic mass is 79.9. The van der Waals surface area contributed by atoms with Crippen LogP contribution in [0.1, 0.15) is 19.3 Å². The Kier molecular flexibility index (Phi) is 5.75. The van der Waals surface area contributed by atoms with E-state index in [0.29, 0.717) is 12.4 Å². The number of hydrogen-bond donors (Lipinski definition) is 0. The Labute approximate surface area is 131 Å². The number of nitro groups is 1. The lowest BCUT2D eigenvalue weighted by atomic mass is 10.4. The summed E-state index contributed by atoms with van der Waals surface area (Å²) in [6, 6.07) is 1.34. The van der Waals surface area contributed by atoms with Crippen LogP contribution in [0, 0.1) is 10.1 Å². The van der Waals surface area contributed by atoms with Gasteiger partial charge in [-0.25, -0.2) is 0 Å². The maximum atomic E-state index is 10.9. The Balaban J connectivity index is 1.94. The normalized spacial score (nSPS) is 15.1. The zero-order chi connectivity index (χ0) is 15.2. The van der Waals surface area contributed by atoms with Crippen LogP contribution >= 0.6 is 15.9 Å². The molecule has 0 aromatic carbocycles. The van der Waals surface area contributed by atoms with Crippen LogP contribution in [-0.4, -0.2) is 48.2 Å². The Bertz CT molecular complexity index is 506. The molecule has 0 N–H and O–H groups in total. The molecule has 7 nitrogen and oxygen atoms in total.